The topological polar surface area (TPSA) is 95.2 Å². The molecule has 0 radical (unpaired) electrons. The van der Waals surface area contributed by atoms with Gasteiger partial charge < -0.3 is 35.2 Å². The summed E-state index contributed by atoms with van der Waals surface area (Å²) in [7, 11) is 1.91. The molecule has 4 aliphatic rings. The van der Waals surface area contributed by atoms with Crippen molar-refractivity contribution in [2.24, 2.45) is 0 Å². The molecule has 1 aliphatic carbocycles. The van der Waals surface area contributed by atoms with Crippen LogP contribution in [0.1, 0.15) is 55.8 Å². The normalized spacial score (nSPS) is 23.0. The predicted octanol–water partition coefficient (Wildman–Crippen LogP) is 4.49. The number of alkyl halides is 2. The second-order valence-electron chi connectivity index (χ2n) is 11.8. The van der Waals surface area contributed by atoms with Gasteiger partial charge in [-0.25, -0.2) is 0 Å². The molecular formula is C32H41F2N5O4. The van der Waals surface area contributed by atoms with Gasteiger partial charge in [0.25, 0.3) is 11.8 Å². The Morgan fingerprint density at radius 1 is 1.05 bits per heavy atom. The van der Waals surface area contributed by atoms with Gasteiger partial charge in [-0.1, -0.05) is 30.7 Å². The molecule has 2 amide bonds. The molecule has 5 rings (SSSR count). The summed E-state index contributed by atoms with van der Waals surface area (Å²) in [5, 5.41) is 9.36. The van der Waals surface area contributed by atoms with Gasteiger partial charge in [-0.05, 0) is 82.1 Å². The van der Waals surface area contributed by atoms with Crippen molar-refractivity contribution in [3.8, 4) is 0 Å². The average molecular weight is 598 g/mol. The number of anilines is 1. The first kappa shape index (κ1) is 30.6. The van der Waals surface area contributed by atoms with Gasteiger partial charge in [-0.2, -0.15) is 0 Å². The van der Waals surface area contributed by atoms with Crippen LogP contribution in [-0.2, 0) is 14.3 Å². The number of carbonyl (C=O) groups is 2. The molecule has 1 atom stereocenters. The second kappa shape index (κ2) is 13.2. The Morgan fingerprint density at radius 2 is 1.84 bits per heavy atom. The molecule has 3 heterocycles. The number of carbonyl (C=O) groups excluding carboxylic acids is 2. The molecule has 1 saturated heterocycles. The first-order valence-electron chi connectivity index (χ1n) is 15.1. The van der Waals surface area contributed by atoms with Gasteiger partial charge in [-0.3, -0.25) is 9.59 Å². The molecule has 0 spiro atoms. The Labute approximate surface area is 251 Å². The molecule has 0 saturated carbocycles. The van der Waals surface area contributed by atoms with Gasteiger partial charge in [0.05, 0.1) is 11.1 Å². The number of nitrogens with one attached hydrogen (secondary N) is 3. The van der Waals surface area contributed by atoms with Crippen molar-refractivity contribution in [1.82, 2.24) is 20.4 Å². The van der Waals surface area contributed by atoms with E-state index in [2.05, 4.69) is 36.4 Å². The molecule has 3 N–H and O–H groups in total. The van der Waals surface area contributed by atoms with Gasteiger partial charge in [0, 0.05) is 38.8 Å². The summed E-state index contributed by atoms with van der Waals surface area (Å²) in [4.78, 5) is 30.6. The maximum atomic E-state index is 13.5. The summed E-state index contributed by atoms with van der Waals surface area (Å²) in [6.07, 6.45) is 8.86. The Bertz CT molecular complexity index is 1330. The Morgan fingerprint density at radius 3 is 2.65 bits per heavy atom. The molecular weight excluding hydrogens is 556 g/mol. The maximum Gasteiger partial charge on any atom is 0.585 e. The molecule has 3 aliphatic heterocycles. The van der Waals surface area contributed by atoms with E-state index in [-0.39, 0.29) is 29.8 Å². The minimum absolute atomic E-state index is 0.00618. The lowest BCUT2D eigenvalue weighted by molar-refractivity contribution is -0.336. The molecule has 11 heteroatoms. The van der Waals surface area contributed by atoms with Gasteiger partial charge in [0.15, 0.2) is 11.5 Å². The zero-order chi connectivity index (χ0) is 30.5. The van der Waals surface area contributed by atoms with Crippen molar-refractivity contribution in [1.29, 1.82) is 0 Å². The number of likely N-dealkylation sites (N-methyl/N-ethyl adjacent to an activating group) is 1. The van der Waals surface area contributed by atoms with Crippen LogP contribution in [0, 0.1) is 0 Å². The van der Waals surface area contributed by atoms with Crippen LogP contribution in [0.4, 0.5) is 14.5 Å². The number of halogens is 2. The summed E-state index contributed by atoms with van der Waals surface area (Å²) in [5.74, 6) is -0.424. The first-order valence-corrected chi connectivity index (χ1v) is 15.1. The van der Waals surface area contributed by atoms with E-state index in [1.165, 1.54) is 25.3 Å². The number of rotatable bonds is 11. The number of nitrogens with zero attached hydrogens (tertiary/aromatic N) is 2. The third kappa shape index (κ3) is 7.95. The van der Waals surface area contributed by atoms with Crippen molar-refractivity contribution >= 4 is 17.5 Å². The van der Waals surface area contributed by atoms with E-state index in [4.69, 9.17) is 0 Å². The average Bonchev–Trinajstić information content (AvgIpc) is 3.29. The molecule has 9 nitrogen and oxygen atoms in total. The van der Waals surface area contributed by atoms with Crippen molar-refractivity contribution in [3.05, 3.63) is 76.9 Å². The van der Waals surface area contributed by atoms with Gasteiger partial charge in [0.1, 0.15) is 5.70 Å². The molecule has 1 unspecified atom stereocenters. The number of piperidine rings is 1. The van der Waals surface area contributed by atoms with Crippen LogP contribution in [0.15, 0.2) is 71.4 Å². The maximum absolute atomic E-state index is 13.5. The molecule has 1 aromatic rings. The minimum atomic E-state index is -3.70. The van der Waals surface area contributed by atoms with Gasteiger partial charge in [-0.15, -0.1) is 8.78 Å². The van der Waals surface area contributed by atoms with Crippen LogP contribution < -0.4 is 16.0 Å². The Kier molecular flexibility index (Phi) is 9.39. The summed E-state index contributed by atoms with van der Waals surface area (Å²) >= 11 is 0. The van der Waals surface area contributed by atoms with Crippen LogP contribution in [-0.4, -0.2) is 79.8 Å². The predicted molar refractivity (Wildman–Crippen MR) is 160 cm³/mol. The van der Waals surface area contributed by atoms with Gasteiger partial charge >= 0.3 is 6.29 Å². The van der Waals surface area contributed by atoms with E-state index in [9.17, 15) is 18.4 Å². The fraction of sp³-hybridized carbons (Fsp3) is 0.500. The number of para-hydroxylation sites is 1. The number of allylic oxidation sites excluding steroid dienone is 2. The SMILES string of the molecule is CN1CC=C(CCNc2ccccc2C(=O)NC2(C)C=CC3=C(C2)OC(F)(F)O3)C=C1C(=O)NCCCN1CCCCC1. The molecule has 43 heavy (non-hydrogen) atoms. The number of hydrogen-bond acceptors (Lipinski definition) is 7. The third-order valence-corrected chi connectivity index (χ3v) is 8.15. The highest BCUT2D eigenvalue weighted by atomic mass is 19.3. The molecule has 1 aromatic carbocycles. The van der Waals surface area contributed by atoms with E-state index in [0.717, 1.165) is 31.6 Å². The highest BCUT2D eigenvalue weighted by molar-refractivity contribution is 6.00. The molecule has 0 aromatic heterocycles. The molecule has 232 valence electrons. The van der Waals surface area contributed by atoms with Crippen LogP contribution in [0.2, 0.25) is 0 Å². The fourth-order valence-electron chi connectivity index (χ4n) is 5.78. The van der Waals surface area contributed by atoms with Crippen molar-refractivity contribution in [3.63, 3.8) is 0 Å². The fourth-order valence-corrected chi connectivity index (χ4v) is 5.78. The Balaban J connectivity index is 1.11. The van der Waals surface area contributed by atoms with Crippen molar-refractivity contribution in [2.45, 2.75) is 57.3 Å². The van der Waals surface area contributed by atoms with Gasteiger partial charge in [0.2, 0.25) is 0 Å². The molecule has 1 fully saturated rings. The summed E-state index contributed by atoms with van der Waals surface area (Å²) in [5.41, 5.74) is 1.85. The van der Waals surface area contributed by atoms with E-state index >= 15 is 0 Å². The lowest BCUT2D eigenvalue weighted by Crippen LogP contribution is -2.45. The van der Waals surface area contributed by atoms with E-state index < -0.39 is 11.8 Å². The quantitative estimate of drug-likeness (QED) is 0.324. The second-order valence-corrected chi connectivity index (χ2v) is 11.8. The summed E-state index contributed by atoms with van der Waals surface area (Å²) < 4.78 is 36.1. The number of likely N-dealkylation sites (tertiary alicyclic amines) is 1. The van der Waals surface area contributed by atoms with Crippen molar-refractivity contribution in [2.75, 3.05) is 51.6 Å². The highest BCUT2D eigenvalue weighted by Gasteiger charge is 2.47. The highest BCUT2D eigenvalue weighted by Crippen LogP contribution is 2.40. The first-order chi connectivity index (χ1) is 20.6. The number of ether oxygens (including phenoxy) is 2. The lowest BCUT2D eigenvalue weighted by atomic mass is 9.91. The number of benzene rings is 1. The molecule has 0 bridgehead atoms. The third-order valence-electron chi connectivity index (χ3n) is 8.15. The monoisotopic (exact) mass is 597 g/mol. The minimum Gasteiger partial charge on any atom is -0.400 e. The zero-order valence-corrected chi connectivity index (χ0v) is 24.9. The number of amides is 2. The largest absolute Gasteiger partial charge is 0.585 e. The summed E-state index contributed by atoms with van der Waals surface area (Å²) in [6, 6.07) is 7.15. The Hall–Kier alpha value is -3.86. The lowest BCUT2D eigenvalue weighted by Gasteiger charge is -2.30. The number of hydrogen-bond donors (Lipinski definition) is 3. The van der Waals surface area contributed by atoms with Crippen molar-refractivity contribution < 1.29 is 27.8 Å². The van der Waals surface area contributed by atoms with Crippen LogP contribution >= 0.6 is 0 Å². The smallest absolute Gasteiger partial charge is 0.400 e. The van der Waals surface area contributed by atoms with E-state index in [0.29, 0.717) is 43.0 Å². The van der Waals surface area contributed by atoms with E-state index in [1.807, 2.05) is 30.2 Å². The standard InChI is InChI=1S/C32H41F2N5O4/c1-31(14-11-27-28(22-31)43-32(33,34)42-27)37-29(40)24-9-4-5-10-25(24)35-16-12-23-13-20-38(2)26(21-23)30(41)36-15-8-19-39-17-6-3-7-18-39/h4-5,9-11,13-14,21,35H,3,6-8,12,15-20,22H2,1-2H3,(H,36,41)(H,37,40). The summed E-state index contributed by atoms with van der Waals surface area (Å²) in [6.45, 7) is 6.92. The van der Waals surface area contributed by atoms with E-state index in [1.54, 1.807) is 25.1 Å². The van der Waals surface area contributed by atoms with Crippen LogP contribution in [0.5, 0.6) is 0 Å². The van der Waals surface area contributed by atoms with Crippen LogP contribution in [0.25, 0.3) is 0 Å². The zero-order valence-electron chi connectivity index (χ0n) is 24.9. The van der Waals surface area contributed by atoms with Crippen LogP contribution in [0.3, 0.4) is 0 Å².